The first-order valence-electron chi connectivity index (χ1n) is 6.37. The molecule has 1 aliphatic carbocycles. The summed E-state index contributed by atoms with van der Waals surface area (Å²) in [5, 5.41) is 12.7. The van der Waals surface area contributed by atoms with E-state index in [0.29, 0.717) is 0 Å². The lowest BCUT2D eigenvalue weighted by atomic mass is 9.82. The van der Waals surface area contributed by atoms with Crippen LogP contribution in [-0.4, -0.2) is 28.1 Å². The molecule has 0 heterocycles. The Kier molecular flexibility index (Phi) is 4.06. The fraction of sp³-hybridized carbons (Fsp3) is 0.923. The third-order valence-electron chi connectivity index (χ3n) is 4.05. The third-order valence-corrected chi connectivity index (χ3v) is 4.05. The largest absolute Gasteiger partial charge is 0.388 e. The molecule has 0 aliphatic heterocycles. The molecule has 0 aromatic rings. The minimum atomic E-state index is -2.62. The molecule has 1 saturated carbocycles. The first-order valence-corrected chi connectivity index (χ1v) is 6.37. The number of nitrogens with one attached hydrogen (secondary N) is 1. The van der Waals surface area contributed by atoms with Crippen LogP contribution >= 0.6 is 0 Å². The molecular formula is C13H23F2NO2. The van der Waals surface area contributed by atoms with E-state index in [1.54, 1.807) is 27.7 Å². The lowest BCUT2D eigenvalue weighted by Gasteiger charge is -2.39. The van der Waals surface area contributed by atoms with Crippen molar-refractivity contribution < 1.29 is 18.7 Å². The lowest BCUT2D eigenvalue weighted by molar-refractivity contribution is -0.134. The lowest BCUT2D eigenvalue weighted by Crippen LogP contribution is -2.59. The van der Waals surface area contributed by atoms with E-state index in [9.17, 15) is 18.7 Å². The highest BCUT2D eigenvalue weighted by Gasteiger charge is 2.41. The number of aliphatic hydroxyl groups is 1. The molecular weight excluding hydrogens is 240 g/mol. The van der Waals surface area contributed by atoms with Crippen LogP contribution in [-0.2, 0) is 4.79 Å². The Hall–Kier alpha value is -0.710. The fourth-order valence-corrected chi connectivity index (χ4v) is 1.87. The van der Waals surface area contributed by atoms with Crippen LogP contribution in [0.3, 0.4) is 0 Å². The van der Waals surface area contributed by atoms with Crippen LogP contribution in [0.5, 0.6) is 0 Å². The van der Waals surface area contributed by atoms with Crippen molar-refractivity contribution in [3.63, 3.8) is 0 Å². The summed E-state index contributed by atoms with van der Waals surface area (Å²) in [4.78, 5) is 12.0. The molecule has 1 aliphatic rings. The number of carbonyl (C=O) groups excluding carboxylic acids is 1. The average molecular weight is 263 g/mol. The monoisotopic (exact) mass is 263 g/mol. The average Bonchev–Trinajstić information content (AvgIpc) is 2.14. The molecule has 0 spiro atoms. The van der Waals surface area contributed by atoms with Gasteiger partial charge in [-0.15, -0.1) is 0 Å². The highest BCUT2D eigenvalue weighted by molar-refractivity contribution is 5.79. The third kappa shape index (κ3) is 3.64. The predicted molar refractivity (Wildman–Crippen MR) is 65.4 cm³/mol. The second-order valence-electron chi connectivity index (χ2n) is 6.30. The molecule has 0 aromatic carbocycles. The number of hydrogen-bond acceptors (Lipinski definition) is 2. The van der Waals surface area contributed by atoms with Gasteiger partial charge in [0.1, 0.15) is 0 Å². The molecule has 0 saturated heterocycles. The Morgan fingerprint density at radius 3 is 2.06 bits per heavy atom. The van der Waals surface area contributed by atoms with Crippen molar-refractivity contribution in [3.8, 4) is 0 Å². The number of rotatable bonds is 3. The molecule has 2 N–H and O–H groups in total. The smallest absolute Gasteiger partial charge is 0.248 e. The Labute approximate surface area is 107 Å². The number of hydrogen-bond donors (Lipinski definition) is 2. The number of carbonyl (C=O) groups is 1. The zero-order valence-electron chi connectivity index (χ0n) is 11.5. The fourth-order valence-electron chi connectivity index (χ4n) is 1.87. The summed E-state index contributed by atoms with van der Waals surface area (Å²) < 4.78 is 26.0. The van der Waals surface area contributed by atoms with Gasteiger partial charge in [-0.3, -0.25) is 4.79 Å². The molecule has 0 atom stereocenters. The van der Waals surface area contributed by atoms with Gasteiger partial charge >= 0.3 is 0 Å². The molecule has 106 valence electrons. The van der Waals surface area contributed by atoms with Crippen molar-refractivity contribution in [1.82, 2.24) is 5.32 Å². The van der Waals surface area contributed by atoms with Crippen molar-refractivity contribution >= 4 is 5.91 Å². The standard InChI is InChI=1S/C13H23F2NO2/c1-11(2,12(3,4)18)16-10(17)9-5-7-13(14,15)8-6-9/h9,18H,5-8H2,1-4H3,(H,16,17). The van der Waals surface area contributed by atoms with Crippen molar-refractivity contribution in [1.29, 1.82) is 0 Å². The summed E-state index contributed by atoms with van der Waals surface area (Å²) in [5.41, 5.74) is -1.86. The first kappa shape index (κ1) is 15.3. The predicted octanol–water partition coefficient (Wildman–Crippen LogP) is 2.48. The molecule has 0 unspecified atom stereocenters. The van der Waals surface area contributed by atoms with Crippen LogP contribution < -0.4 is 5.32 Å². The summed E-state index contributed by atoms with van der Waals surface area (Å²) in [6.07, 6.45) is -0.0381. The minimum Gasteiger partial charge on any atom is -0.388 e. The van der Waals surface area contributed by atoms with Crippen LogP contribution in [0, 0.1) is 5.92 Å². The summed E-state index contributed by atoms with van der Waals surface area (Å²) in [7, 11) is 0. The van der Waals surface area contributed by atoms with E-state index in [0.717, 1.165) is 0 Å². The SMILES string of the molecule is CC(C)(O)C(C)(C)NC(=O)C1CCC(F)(F)CC1. The van der Waals surface area contributed by atoms with Gasteiger partial charge in [-0.1, -0.05) is 0 Å². The topological polar surface area (TPSA) is 49.3 Å². The van der Waals surface area contributed by atoms with Gasteiger partial charge in [0.05, 0.1) is 11.1 Å². The maximum Gasteiger partial charge on any atom is 0.248 e. The summed E-state index contributed by atoms with van der Waals surface area (Å²) >= 11 is 0. The minimum absolute atomic E-state index is 0.209. The first-order chi connectivity index (χ1) is 7.95. The summed E-state index contributed by atoms with van der Waals surface area (Å²) in [6.45, 7) is 6.68. The highest BCUT2D eigenvalue weighted by atomic mass is 19.3. The van der Waals surface area contributed by atoms with E-state index in [1.165, 1.54) is 0 Å². The van der Waals surface area contributed by atoms with Crippen molar-refractivity contribution in [3.05, 3.63) is 0 Å². The second kappa shape index (κ2) is 4.76. The molecule has 1 fully saturated rings. The van der Waals surface area contributed by atoms with Crippen molar-refractivity contribution in [2.24, 2.45) is 5.92 Å². The van der Waals surface area contributed by atoms with Crippen LogP contribution in [0.2, 0.25) is 0 Å². The van der Waals surface area contributed by atoms with Gasteiger partial charge in [0.2, 0.25) is 11.8 Å². The van der Waals surface area contributed by atoms with Gasteiger partial charge in [0.15, 0.2) is 0 Å². The summed E-state index contributed by atoms with van der Waals surface area (Å²) in [5.74, 6) is -3.23. The Morgan fingerprint density at radius 1 is 1.22 bits per heavy atom. The maximum absolute atomic E-state index is 13.0. The zero-order valence-corrected chi connectivity index (χ0v) is 11.5. The second-order valence-corrected chi connectivity index (χ2v) is 6.30. The molecule has 5 heteroatoms. The van der Waals surface area contributed by atoms with E-state index in [-0.39, 0.29) is 37.5 Å². The quantitative estimate of drug-likeness (QED) is 0.822. The van der Waals surface area contributed by atoms with E-state index >= 15 is 0 Å². The molecule has 18 heavy (non-hydrogen) atoms. The van der Waals surface area contributed by atoms with Crippen molar-refractivity contribution in [2.75, 3.05) is 0 Å². The number of alkyl halides is 2. The van der Waals surface area contributed by atoms with Gasteiger partial charge in [-0.2, -0.15) is 0 Å². The van der Waals surface area contributed by atoms with E-state index in [2.05, 4.69) is 5.32 Å². The van der Waals surface area contributed by atoms with Crippen LogP contribution in [0.15, 0.2) is 0 Å². The molecule has 0 radical (unpaired) electrons. The van der Waals surface area contributed by atoms with Gasteiger partial charge in [-0.25, -0.2) is 8.78 Å². The highest BCUT2D eigenvalue weighted by Crippen LogP contribution is 2.36. The van der Waals surface area contributed by atoms with E-state index in [4.69, 9.17) is 0 Å². The molecule has 1 amide bonds. The molecule has 1 rings (SSSR count). The van der Waals surface area contributed by atoms with Crippen LogP contribution in [0.4, 0.5) is 8.78 Å². The molecule has 3 nitrogen and oxygen atoms in total. The van der Waals surface area contributed by atoms with Gasteiger partial charge in [-0.05, 0) is 40.5 Å². The normalized spacial score (nSPS) is 21.7. The van der Waals surface area contributed by atoms with Crippen LogP contribution in [0.25, 0.3) is 0 Å². The van der Waals surface area contributed by atoms with Crippen LogP contribution in [0.1, 0.15) is 53.4 Å². The Balaban J connectivity index is 2.58. The number of halogens is 2. The van der Waals surface area contributed by atoms with Gasteiger partial charge in [0.25, 0.3) is 0 Å². The Bertz CT molecular complexity index is 311. The Morgan fingerprint density at radius 2 is 1.67 bits per heavy atom. The van der Waals surface area contributed by atoms with Gasteiger partial charge < -0.3 is 10.4 Å². The molecule has 0 aromatic heterocycles. The maximum atomic E-state index is 13.0. The van der Waals surface area contributed by atoms with E-state index < -0.39 is 17.1 Å². The molecule has 0 bridgehead atoms. The number of amides is 1. The van der Waals surface area contributed by atoms with E-state index in [1.807, 2.05) is 0 Å². The van der Waals surface area contributed by atoms with Crippen molar-refractivity contribution in [2.45, 2.75) is 70.4 Å². The summed E-state index contributed by atoms with van der Waals surface area (Å²) in [6, 6.07) is 0. The zero-order chi connectivity index (χ0) is 14.2. The van der Waals surface area contributed by atoms with Gasteiger partial charge in [0, 0.05) is 18.8 Å².